The van der Waals surface area contributed by atoms with Crippen LogP contribution >= 0.6 is 34.9 Å². The lowest BCUT2D eigenvalue weighted by atomic mass is 9.93. The minimum Gasteiger partial charge on any atom is -0.744 e. The predicted molar refractivity (Wildman–Crippen MR) is 303 cm³/mol. The first-order valence-electron chi connectivity index (χ1n) is 22.4. The average Bonchev–Trinajstić information content (AvgIpc) is 2.65. The lowest BCUT2D eigenvalue weighted by Gasteiger charge is -2.22. The molecule has 448 valence electrons. The van der Waals surface area contributed by atoms with Gasteiger partial charge in [0.25, 0.3) is 50.6 Å². The summed E-state index contributed by atoms with van der Waals surface area (Å²) >= 11 is 2.93. The molecule has 4 aromatic carbocycles. The second-order valence-corrected chi connectivity index (χ2v) is 29.2. The Morgan fingerprint density at radius 3 is 1.57 bits per heavy atom. The van der Waals surface area contributed by atoms with Crippen LogP contribution in [0.3, 0.4) is 0 Å². The molecule has 0 amide bonds. The van der Waals surface area contributed by atoms with Gasteiger partial charge < -0.3 is 9.66 Å². The maximum absolute atomic E-state index is 12.7. The van der Waals surface area contributed by atoms with Gasteiger partial charge in [-0.2, -0.15) is 42.1 Å². The fraction of sp³-hybridized carbons (Fsp3) is 0.106. The average molecular weight is 1370 g/mol. The highest BCUT2D eigenvalue weighted by Gasteiger charge is 2.29. The number of carbonyl (C=O) groups is 1. The van der Waals surface area contributed by atoms with E-state index in [9.17, 15) is 87.7 Å². The van der Waals surface area contributed by atoms with E-state index in [1.54, 1.807) is 30.4 Å². The summed E-state index contributed by atoms with van der Waals surface area (Å²) in [4.78, 5) is 8.36. The molecule has 84 heavy (non-hydrogen) atoms. The largest absolute Gasteiger partial charge is 0.744 e. The van der Waals surface area contributed by atoms with Crippen molar-refractivity contribution in [1.29, 1.82) is 0 Å². The van der Waals surface area contributed by atoms with Crippen molar-refractivity contribution in [3.05, 3.63) is 166 Å². The molecule has 0 atom stereocenters. The lowest BCUT2D eigenvalue weighted by molar-refractivity contribution is -0.136. The van der Waals surface area contributed by atoms with Crippen LogP contribution < -0.4 is 0 Å². The third kappa shape index (κ3) is 19.7. The number of allylic oxidation sites excluding steroid dienone is 8. The molecule has 26 nitrogen and oxygen atoms in total. The summed E-state index contributed by atoms with van der Waals surface area (Å²) in [5.74, 6) is -1.01. The fourth-order valence-electron chi connectivity index (χ4n) is 7.66. The third-order valence-electron chi connectivity index (χ3n) is 11.1. The van der Waals surface area contributed by atoms with Gasteiger partial charge in [-0.15, -0.1) is 37.0 Å². The van der Waals surface area contributed by atoms with E-state index in [0.29, 0.717) is 63.5 Å². The van der Waals surface area contributed by atoms with Crippen LogP contribution in [0, 0.1) is 0 Å². The second kappa shape index (κ2) is 27.9. The van der Waals surface area contributed by atoms with E-state index in [0.717, 1.165) is 65.6 Å². The van der Waals surface area contributed by atoms with Gasteiger partial charge >= 0.3 is 27.2 Å². The molecule has 7 rings (SSSR count). The molecule has 0 bridgehead atoms. The second-order valence-electron chi connectivity index (χ2n) is 16.7. The first-order chi connectivity index (χ1) is 38.7. The van der Waals surface area contributed by atoms with Crippen molar-refractivity contribution < 1.29 is 113 Å². The monoisotopic (exact) mass is 1370 g/mol. The summed E-state index contributed by atoms with van der Waals surface area (Å²) in [6.07, 6.45) is 10.8. The molecule has 0 unspecified atom stereocenters. The zero-order chi connectivity index (χ0) is 62.9. The van der Waals surface area contributed by atoms with Gasteiger partial charge in [-0.3, -0.25) is 27.6 Å². The van der Waals surface area contributed by atoms with Crippen LogP contribution in [-0.4, -0.2) is 120 Å². The molecular formula is C47H38O26S11. The zero-order valence-corrected chi connectivity index (χ0v) is 50.6. The molecular weight excluding hydrogens is 1330 g/mol. The lowest BCUT2D eigenvalue weighted by Crippen LogP contribution is -2.07. The molecule has 0 saturated carbocycles. The standard InChI is InChI=1S/C47H38O20S9.2O3S/c48-46(49)20-21-68-47-31(10-8-28-22-39(30-12-14-33(15-13-30)71(50,51)52)69-41(23-28)37-18-16-34(72(53,54)55)26-44(37)75(62,63)64)4-3-5-32(47)11-9-29-24-40(36-6-1-2-7-43(36)74(59,60)61)70-42(25-29)38-19-17-35(73(56,57)58)27-45(38)76(65,66)67;2*1-4(2)3/h1-2,6-19,22-27H,3-5,20-21H2,(H6-,48,49,50,51,52,53,54,55,56,57,58,59,60,61,62,63,64,65,66,67);;. The molecule has 1 aromatic heterocycles. The van der Waals surface area contributed by atoms with E-state index in [4.69, 9.17) is 25.3 Å². The number of hydrogen-bond donors (Lipinski definition) is 6. The molecule has 0 spiro atoms. The van der Waals surface area contributed by atoms with Crippen LogP contribution in [0.5, 0.6) is 0 Å². The van der Waals surface area contributed by atoms with Crippen molar-refractivity contribution in [1.82, 2.24) is 0 Å². The first kappa shape index (κ1) is 68.5. The number of benzene rings is 4. The quantitative estimate of drug-likeness (QED) is 0.0410. The van der Waals surface area contributed by atoms with Gasteiger partial charge in [0.15, 0.2) is 0 Å². The Hall–Kier alpha value is -6.24. The van der Waals surface area contributed by atoms with Crippen molar-refractivity contribution in [3.8, 4) is 20.9 Å². The van der Waals surface area contributed by atoms with Gasteiger partial charge in [-0.1, -0.05) is 66.4 Å². The summed E-state index contributed by atoms with van der Waals surface area (Å²) in [6.45, 7) is 0. The van der Waals surface area contributed by atoms with E-state index in [1.165, 1.54) is 60.3 Å². The Labute approximate surface area is 495 Å². The number of thioether (sulfide) groups is 2. The maximum Gasteiger partial charge on any atom is 0.425 e. The molecule has 6 N–H and O–H groups in total. The summed E-state index contributed by atoms with van der Waals surface area (Å²) in [6, 6.07) is 18.1. The fourth-order valence-corrected chi connectivity index (χ4v) is 15.2. The van der Waals surface area contributed by atoms with Gasteiger partial charge in [0, 0.05) is 38.2 Å². The van der Waals surface area contributed by atoms with Gasteiger partial charge in [0.05, 0.1) is 37.1 Å². The van der Waals surface area contributed by atoms with Crippen LogP contribution in [0.15, 0.2) is 178 Å². The minimum atomic E-state index is -5.45. The molecule has 5 aromatic rings. The highest BCUT2D eigenvalue weighted by molar-refractivity contribution is 8.16. The minimum absolute atomic E-state index is 0.00237. The molecule has 37 heteroatoms. The van der Waals surface area contributed by atoms with Crippen molar-refractivity contribution in [3.63, 3.8) is 0 Å². The van der Waals surface area contributed by atoms with Crippen LogP contribution in [0.1, 0.15) is 42.4 Å². The smallest absolute Gasteiger partial charge is 0.425 e. The van der Waals surface area contributed by atoms with Crippen molar-refractivity contribution in [2.75, 3.05) is 5.75 Å². The highest BCUT2D eigenvalue weighted by Crippen LogP contribution is 2.47. The Kier molecular flexibility index (Phi) is 22.7. The summed E-state index contributed by atoms with van der Waals surface area (Å²) in [7, 11) is -36.3. The van der Waals surface area contributed by atoms with Gasteiger partial charge in [-0.25, -0.2) is 8.42 Å². The molecule has 0 saturated heterocycles. The van der Waals surface area contributed by atoms with Crippen molar-refractivity contribution >= 4 is 139 Å². The van der Waals surface area contributed by atoms with Gasteiger partial charge in [0.2, 0.25) is 21.1 Å². The number of carboxylic acid groups (broad SMARTS) is 1. The zero-order valence-electron chi connectivity index (χ0n) is 41.6. The molecule has 1 aliphatic heterocycles. The van der Waals surface area contributed by atoms with E-state index in [2.05, 4.69) is 0 Å². The Bertz CT molecular complexity index is 4600. The predicted octanol–water partition coefficient (Wildman–Crippen LogP) is 6.83. The van der Waals surface area contributed by atoms with E-state index < -0.39 is 117 Å². The normalized spacial score (nSPS) is 15.3. The van der Waals surface area contributed by atoms with E-state index in [-0.39, 0.29) is 49.1 Å². The third-order valence-corrected chi connectivity index (χ3v) is 19.8. The summed E-state index contributed by atoms with van der Waals surface area (Å²) in [5.41, 5.74) is 1.78. The molecule has 1 aliphatic carbocycles. The molecule has 2 aliphatic rings. The SMILES string of the molecule is O=C(O)CCSC1=C(/C=C/c2cc(-c3ccc(S(=O)(=O)O)cc3S(=O)(=O)[O-])[s+]c(-c3ccccc3S(=O)(=O)O)c2)CCC/C1=C\C=C1\C=C(c2ccc(S(=O)(=O)O)cc2)SC(c2ccc(S(=O)(=O)O)cc2S(=O)(=O)O)=C1.O=S(=O)=O.O=S(=O)=O. The van der Waals surface area contributed by atoms with Gasteiger partial charge in [0.1, 0.15) is 19.9 Å². The Morgan fingerprint density at radius 2 is 1.06 bits per heavy atom. The van der Waals surface area contributed by atoms with Crippen LogP contribution in [0.2, 0.25) is 0 Å². The van der Waals surface area contributed by atoms with Crippen LogP contribution in [0.4, 0.5) is 0 Å². The molecule has 2 heterocycles. The molecule has 0 fully saturated rings. The maximum atomic E-state index is 12.7. The first-order valence-corrected chi connectivity index (χ1v) is 35.6. The van der Waals surface area contributed by atoms with Crippen molar-refractivity contribution in [2.24, 2.45) is 0 Å². The Balaban J connectivity index is 0.00000151. The number of carboxylic acids is 1. The number of rotatable bonds is 17. The van der Waals surface area contributed by atoms with E-state index in [1.807, 2.05) is 0 Å². The number of hydrogen-bond acceptors (Lipinski definition) is 22. The number of aliphatic carboxylic acids is 1. The van der Waals surface area contributed by atoms with Crippen LogP contribution in [0.25, 0.3) is 36.8 Å². The van der Waals surface area contributed by atoms with E-state index >= 15 is 0 Å². The van der Waals surface area contributed by atoms with Gasteiger partial charge in [-0.05, 0) is 114 Å². The molecule has 0 radical (unpaired) electrons. The van der Waals surface area contributed by atoms with Crippen molar-refractivity contribution in [2.45, 2.75) is 55.1 Å². The summed E-state index contributed by atoms with van der Waals surface area (Å²) < 4.78 is 260. The highest BCUT2D eigenvalue weighted by atomic mass is 32.2. The topological polar surface area (TPSA) is 469 Å². The Morgan fingerprint density at radius 1 is 0.571 bits per heavy atom. The van der Waals surface area contributed by atoms with Crippen LogP contribution in [-0.2, 0) is 86.7 Å². The summed E-state index contributed by atoms with van der Waals surface area (Å²) in [5, 5.41) is 9.58.